The molecule has 0 saturated carbocycles. The maximum absolute atomic E-state index is 13.4. The van der Waals surface area contributed by atoms with Gasteiger partial charge in [0.25, 0.3) is 0 Å². The average molecular weight is 694 g/mol. The molecular weight excluding hydrogens is 610 g/mol. The van der Waals surface area contributed by atoms with Crippen LogP contribution in [0.15, 0.2) is 0 Å². The van der Waals surface area contributed by atoms with Gasteiger partial charge in [0, 0.05) is 26.2 Å². The SMILES string of the molecule is CCCCCCCCCCCCCCCCN(CCCCCCCCCCCC)C(=O)C(N)CCCCNC(=O)C(N)CCCNC(=N)N. The van der Waals surface area contributed by atoms with Crippen LogP contribution in [0, 0.1) is 5.41 Å². The fourth-order valence-corrected chi connectivity index (χ4v) is 6.49. The van der Waals surface area contributed by atoms with E-state index < -0.39 is 12.1 Å². The first-order valence-corrected chi connectivity index (χ1v) is 21.0. The van der Waals surface area contributed by atoms with Crippen molar-refractivity contribution in [3.05, 3.63) is 0 Å². The van der Waals surface area contributed by atoms with Gasteiger partial charge in [-0.3, -0.25) is 15.0 Å². The molecule has 0 aliphatic heterocycles. The summed E-state index contributed by atoms with van der Waals surface area (Å²) in [6, 6.07) is -1.06. The summed E-state index contributed by atoms with van der Waals surface area (Å²) in [7, 11) is 0. The van der Waals surface area contributed by atoms with Gasteiger partial charge in [0.15, 0.2) is 5.96 Å². The van der Waals surface area contributed by atoms with Crippen LogP contribution in [0.1, 0.15) is 200 Å². The third-order valence-corrected chi connectivity index (χ3v) is 9.78. The largest absolute Gasteiger partial charge is 0.370 e. The second-order valence-corrected chi connectivity index (χ2v) is 14.6. The van der Waals surface area contributed by atoms with Gasteiger partial charge >= 0.3 is 0 Å². The Labute approximate surface area is 303 Å². The third kappa shape index (κ3) is 31.8. The van der Waals surface area contributed by atoms with Crippen molar-refractivity contribution in [2.45, 2.75) is 212 Å². The zero-order valence-electron chi connectivity index (χ0n) is 32.5. The van der Waals surface area contributed by atoms with E-state index in [4.69, 9.17) is 22.6 Å². The summed E-state index contributed by atoms with van der Waals surface area (Å²) < 4.78 is 0. The highest BCUT2D eigenvalue weighted by Crippen LogP contribution is 2.15. The number of nitrogens with two attached hydrogens (primary N) is 3. The lowest BCUT2D eigenvalue weighted by molar-refractivity contribution is -0.133. The minimum Gasteiger partial charge on any atom is -0.370 e. The predicted octanol–water partition coefficient (Wildman–Crippen LogP) is 8.42. The Balaban J connectivity index is 4.36. The molecule has 0 spiro atoms. The van der Waals surface area contributed by atoms with E-state index in [1.165, 1.54) is 141 Å². The van der Waals surface area contributed by atoms with Gasteiger partial charge in [-0.2, -0.15) is 0 Å². The van der Waals surface area contributed by atoms with Gasteiger partial charge in [-0.1, -0.05) is 155 Å². The number of nitrogens with zero attached hydrogens (tertiary/aromatic N) is 1. The van der Waals surface area contributed by atoms with Crippen molar-refractivity contribution < 1.29 is 9.59 Å². The van der Waals surface area contributed by atoms with E-state index in [9.17, 15) is 9.59 Å². The Morgan fingerprint density at radius 3 is 1.29 bits per heavy atom. The summed E-state index contributed by atoms with van der Waals surface area (Å²) in [5.74, 6) is -0.152. The number of hydrogen-bond donors (Lipinski definition) is 6. The standard InChI is InChI=1S/C40H83N7O2/c1-3-5-7-9-11-13-15-16-17-18-20-22-24-28-35-47(34-27-23-21-19-14-12-10-8-6-4-2)39(49)37(42)30-25-26-32-45-38(48)36(41)31-29-33-46-40(43)44/h36-37H,3-35,41-42H2,1-2H3,(H,45,48)(H4,43,44,46). The lowest BCUT2D eigenvalue weighted by Crippen LogP contribution is -2.44. The third-order valence-electron chi connectivity index (χ3n) is 9.78. The first kappa shape index (κ1) is 47.1. The molecule has 0 fully saturated rings. The Morgan fingerprint density at radius 1 is 0.510 bits per heavy atom. The fraction of sp³-hybridized carbons (Fsp3) is 0.925. The van der Waals surface area contributed by atoms with Gasteiger partial charge in [0.2, 0.25) is 11.8 Å². The van der Waals surface area contributed by atoms with Crippen molar-refractivity contribution in [2.24, 2.45) is 17.2 Å². The number of unbranched alkanes of at least 4 members (excludes halogenated alkanes) is 23. The normalized spacial score (nSPS) is 12.5. The van der Waals surface area contributed by atoms with Crippen molar-refractivity contribution in [2.75, 3.05) is 26.2 Å². The van der Waals surface area contributed by atoms with Crippen LogP contribution in [0.25, 0.3) is 0 Å². The molecular formula is C40H83N7O2. The van der Waals surface area contributed by atoms with Gasteiger partial charge in [-0.15, -0.1) is 0 Å². The molecule has 2 atom stereocenters. The number of amides is 2. The van der Waals surface area contributed by atoms with Crippen LogP contribution >= 0.6 is 0 Å². The minimum absolute atomic E-state index is 0.0774. The highest BCUT2D eigenvalue weighted by Gasteiger charge is 2.20. The molecule has 0 aromatic heterocycles. The summed E-state index contributed by atoms with van der Waals surface area (Å²) in [6.45, 7) is 7.23. The number of nitrogens with one attached hydrogen (secondary N) is 3. The molecule has 0 aromatic rings. The monoisotopic (exact) mass is 694 g/mol. The minimum atomic E-state index is -0.577. The van der Waals surface area contributed by atoms with Gasteiger partial charge in [0.1, 0.15) is 0 Å². The molecule has 0 aliphatic rings. The predicted molar refractivity (Wildman–Crippen MR) is 211 cm³/mol. The molecule has 0 bridgehead atoms. The van der Waals surface area contributed by atoms with E-state index in [2.05, 4.69) is 29.4 Å². The number of rotatable bonds is 37. The molecule has 9 nitrogen and oxygen atoms in total. The van der Waals surface area contributed by atoms with Crippen LogP contribution in [-0.2, 0) is 9.59 Å². The van der Waals surface area contributed by atoms with Crippen molar-refractivity contribution >= 4 is 17.8 Å². The highest BCUT2D eigenvalue weighted by molar-refractivity contribution is 5.82. The molecule has 2 amide bonds. The highest BCUT2D eigenvalue weighted by atomic mass is 16.2. The van der Waals surface area contributed by atoms with Crippen molar-refractivity contribution in [1.82, 2.24) is 15.5 Å². The van der Waals surface area contributed by atoms with E-state index >= 15 is 0 Å². The van der Waals surface area contributed by atoms with Crippen LogP contribution < -0.4 is 27.8 Å². The Hall–Kier alpha value is -1.87. The molecule has 49 heavy (non-hydrogen) atoms. The maximum atomic E-state index is 13.4. The van der Waals surface area contributed by atoms with Gasteiger partial charge in [-0.25, -0.2) is 0 Å². The second kappa shape index (κ2) is 35.9. The summed E-state index contributed by atoms with van der Waals surface area (Å²) in [6.07, 6.45) is 34.9. The molecule has 0 rings (SSSR count). The van der Waals surface area contributed by atoms with Crippen LogP contribution in [-0.4, -0.2) is 60.9 Å². The fourth-order valence-electron chi connectivity index (χ4n) is 6.49. The number of hydrogen-bond acceptors (Lipinski definition) is 5. The molecule has 0 radical (unpaired) electrons. The summed E-state index contributed by atoms with van der Waals surface area (Å²) >= 11 is 0. The molecule has 0 aliphatic carbocycles. The number of carbonyl (C=O) groups is 2. The molecule has 9 N–H and O–H groups in total. The lowest BCUT2D eigenvalue weighted by Gasteiger charge is -2.26. The van der Waals surface area contributed by atoms with Gasteiger partial charge in [-0.05, 0) is 44.9 Å². The summed E-state index contributed by atoms with van der Waals surface area (Å²) in [4.78, 5) is 27.7. The second-order valence-electron chi connectivity index (χ2n) is 14.6. The van der Waals surface area contributed by atoms with Crippen molar-refractivity contribution in [1.29, 1.82) is 5.41 Å². The average Bonchev–Trinajstić information content (AvgIpc) is 3.09. The van der Waals surface area contributed by atoms with Crippen molar-refractivity contribution in [3.63, 3.8) is 0 Å². The number of carbonyl (C=O) groups excluding carboxylic acids is 2. The van der Waals surface area contributed by atoms with E-state index in [1.807, 2.05) is 0 Å². The first-order valence-electron chi connectivity index (χ1n) is 21.0. The maximum Gasteiger partial charge on any atom is 0.239 e. The van der Waals surface area contributed by atoms with E-state index in [1.54, 1.807) is 0 Å². The lowest BCUT2D eigenvalue weighted by atomic mass is 10.0. The Bertz CT molecular complexity index is 767. The smallest absolute Gasteiger partial charge is 0.239 e. The Morgan fingerprint density at radius 2 is 0.878 bits per heavy atom. The summed E-state index contributed by atoms with van der Waals surface area (Å²) in [5.41, 5.74) is 17.7. The van der Waals surface area contributed by atoms with Crippen LogP contribution in [0.4, 0.5) is 0 Å². The van der Waals surface area contributed by atoms with Crippen LogP contribution in [0.2, 0.25) is 0 Å². The zero-order chi connectivity index (χ0) is 36.2. The molecule has 290 valence electrons. The van der Waals surface area contributed by atoms with E-state index in [0.29, 0.717) is 32.4 Å². The Kier molecular flexibility index (Phi) is 34.6. The number of guanidine groups is 1. The first-order chi connectivity index (χ1) is 23.8. The van der Waals surface area contributed by atoms with E-state index in [0.717, 1.165) is 38.8 Å². The zero-order valence-corrected chi connectivity index (χ0v) is 32.5. The molecule has 9 heteroatoms. The van der Waals surface area contributed by atoms with Crippen LogP contribution in [0.5, 0.6) is 0 Å². The molecule has 0 aromatic carbocycles. The molecule has 0 heterocycles. The van der Waals surface area contributed by atoms with Gasteiger partial charge in [0.05, 0.1) is 12.1 Å². The van der Waals surface area contributed by atoms with Crippen LogP contribution in [0.3, 0.4) is 0 Å². The molecule has 0 saturated heterocycles. The quantitative estimate of drug-likeness (QED) is 0.0217. The summed E-state index contributed by atoms with van der Waals surface area (Å²) in [5, 5.41) is 12.8. The van der Waals surface area contributed by atoms with E-state index in [-0.39, 0.29) is 17.8 Å². The van der Waals surface area contributed by atoms with Gasteiger partial charge < -0.3 is 32.7 Å². The van der Waals surface area contributed by atoms with Crippen molar-refractivity contribution in [3.8, 4) is 0 Å². The molecule has 2 unspecified atom stereocenters. The topological polar surface area (TPSA) is 163 Å².